The first-order valence-electron chi connectivity index (χ1n) is 8.65. The van der Waals surface area contributed by atoms with Gasteiger partial charge in [0, 0.05) is 24.4 Å². The van der Waals surface area contributed by atoms with Crippen LogP contribution >= 0.6 is 11.3 Å². The molecule has 0 aliphatic rings. The molecule has 1 N–H and O–H groups in total. The molecule has 2 atom stereocenters. The highest BCUT2D eigenvalue weighted by Crippen LogP contribution is 2.24. The summed E-state index contributed by atoms with van der Waals surface area (Å²) in [6, 6.07) is 13.8. The van der Waals surface area contributed by atoms with E-state index in [4.69, 9.17) is 0 Å². The predicted molar refractivity (Wildman–Crippen MR) is 102 cm³/mol. The van der Waals surface area contributed by atoms with Gasteiger partial charge in [0.2, 0.25) is 11.8 Å². The summed E-state index contributed by atoms with van der Waals surface area (Å²) in [6.45, 7) is 6.23. The average molecular weight is 359 g/mol. The molecule has 2 rings (SSSR count). The van der Waals surface area contributed by atoms with Crippen LogP contribution in [0.15, 0.2) is 47.8 Å². The molecule has 0 aliphatic heterocycles. The highest BCUT2D eigenvalue weighted by molar-refractivity contribution is 7.10. The largest absolute Gasteiger partial charge is 0.348 e. The van der Waals surface area contributed by atoms with E-state index >= 15 is 0 Å². The van der Waals surface area contributed by atoms with Crippen LogP contribution in [0, 0.1) is 0 Å². The molecule has 0 radical (unpaired) electrons. The quantitative estimate of drug-likeness (QED) is 0.771. The number of amides is 2. The summed E-state index contributed by atoms with van der Waals surface area (Å²) in [5.74, 6) is -0.0605. The molecule has 0 unspecified atom stereocenters. The van der Waals surface area contributed by atoms with Crippen molar-refractivity contribution in [1.29, 1.82) is 0 Å². The van der Waals surface area contributed by atoms with E-state index in [0.717, 1.165) is 16.9 Å². The Morgan fingerprint density at radius 1 is 1.16 bits per heavy atom. The van der Waals surface area contributed by atoms with Crippen LogP contribution in [0.3, 0.4) is 0 Å². The van der Waals surface area contributed by atoms with Gasteiger partial charge in [0.15, 0.2) is 0 Å². The predicted octanol–water partition coefficient (Wildman–Crippen LogP) is 4.14. The summed E-state index contributed by atoms with van der Waals surface area (Å²) in [7, 11) is 0. The third-order valence-electron chi connectivity index (χ3n) is 4.28. The van der Waals surface area contributed by atoms with Gasteiger partial charge in [0.05, 0.1) is 12.5 Å². The van der Waals surface area contributed by atoms with Gasteiger partial charge in [0.1, 0.15) is 0 Å². The van der Waals surface area contributed by atoms with Crippen molar-refractivity contribution < 1.29 is 9.59 Å². The maximum Gasteiger partial charge on any atom is 0.225 e. The Hall–Kier alpha value is -2.14. The lowest BCUT2D eigenvalue weighted by atomic mass is 10.1. The molecular weight excluding hydrogens is 332 g/mol. The zero-order chi connectivity index (χ0) is 18.2. The molecule has 0 aliphatic carbocycles. The first kappa shape index (κ1) is 19.2. The lowest BCUT2D eigenvalue weighted by Gasteiger charge is -2.30. The Balaban J connectivity index is 2.15. The molecule has 1 aromatic carbocycles. The number of hydrogen-bond donors (Lipinski definition) is 1. The molecule has 25 heavy (non-hydrogen) atoms. The summed E-state index contributed by atoms with van der Waals surface area (Å²) < 4.78 is 0. The van der Waals surface area contributed by atoms with Gasteiger partial charge in [-0.05, 0) is 30.4 Å². The van der Waals surface area contributed by atoms with Crippen LogP contribution in [0.5, 0.6) is 0 Å². The van der Waals surface area contributed by atoms with Crippen molar-refractivity contribution in [2.75, 3.05) is 0 Å². The number of nitrogens with one attached hydrogen (secondary N) is 1. The van der Waals surface area contributed by atoms with Crippen molar-refractivity contribution in [2.45, 2.75) is 52.2 Å². The monoisotopic (exact) mass is 358 g/mol. The Morgan fingerprint density at radius 2 is 1.88 bits per heavy atom. The van der Waals surface area contributed by atoms with Crippen molar-refractivity contribution in [3.05, 3.63) is 58.3 Å². The van der Waals surface area contributed by atoms with E-state index < -0.39 is 0 Å². The highest BCUT2D eigenvalue weighted by Gasteiger charge is 2.24. The lowest BCUT2D eigenvalue weighted by Crippen LogP contribution is -2.40. The molecule has 0 saturated heterocycles. The second kappa shape index (κ2) is 9.37. The van der Waals surface area contributed by atoms with Gasteiger partial charge in [-0.1, -0.05) is 43.3 Å². The minimum atomic E-state index is -0.271. The van der Waals surface area contributed by atoms with E-state index in [1.165, 1.54) is 6.92 Å². The molecule has 134 valence electrons. The summed E-state index contributed by atoms with van der Waals surface area (Å²) in [5, 5.41) is 4.88. The minimum Gasteiger partial charge on any atom is -0.348 e. The summed E-state index contributed by atoms with van der Waals surface area (Å²) >= 11 is 1.56. The molecular formula is C20H26N2O2S. The Bertz CT molecular complexity index is 670. The molecule has 4 nitrogen and oxygen atoms in total. The van der Waals surface area contributed by atoms with Gasteiger partial charge in [0.25, 0.3) is 0 Å². The van der Waals surface area contributed by atoms with Crippen molar-refractivity contribution in [2.24, 2.45) is 0 Å². The maximum absolute atomic E-state index is 13.0. The van der Waals surface area contributed by atoms with Gasteiger partial charge in [-0.25, -0.2) is 0 Å². The standard InChI is InChI=1S/C20H26N2O2S/c1-4-15(2)22(14-17-9-6-5-7-10-17)20(24)13-18(21-16(3)23)19-11-8-12-25-19/h5-12,15,18H,4,13-14H2,1-3H3,(H,21,23)/t15-,18-/m0/s1. The Kier molecular flexibility index (Phi) is 7.19. The van der Waals surface area contributed by atoms with Gasteiger partial charge < -0.3 is 10.2 Å². The van der Waals surface area contributed by atoms with E-state index in [1.54, 1.807) is 11.3 Å². The summed E-state index contributed by atoms with van der Waals surface area (Å²) in [6.07, 6.45) is 1.17. The topological polar surface area (TPSA) is 49.4 Å². The summed E-state index contributed by atoms with van der Waals surface area (Å²) in [5.41, 5.74) is 1.11. The van der Waals surface area contributed by atoms with Crippen LogP contribution in [0.25, 0.3) is 0 Å². The van der Waals surface area contributed by atoms with Crippen molar-refractivity contribution >= 4 is 23.2 Å². The molecule has 2 aromatic rings. The number of nitrogens with zero attached hydrogens (tertiary/aromatic N) is 1. The normalized spacial score (nSPS) is 13.1. The van der Waals surface area contributed by atoms with E-state index in [-0.39, 0.29) is 30.3 Å². The molecule has 2 amide bonds. The van der Waals surface area contributed by atoms with Gasteiger partial charge >= 0.3 is 0 Å². The number of benzene rings is 1. The van der Waals surface area contributed by atoms with E-state index in [2.05, 4.69) is 19.2 Å². The third-order valence-corrected chi connectivity index (χ3v) is 5.27. The molecule has 0 fully saturated rings. The van der Waals surface area contributed by atoms with Crippen LogP contribution in [-0.2, 0) is 16.1 Å². The third kappa shape index (κ3) is 5.71. The zero-order valence-electron chi connectivity index (χ0n) is 15.1. The van der Waals surface area contributed by atoms with Gasteiger partial charge in [-0.2, -0.15) is 0 Å². The molecule has 0 spiro atoms. The van der Waals surface area contributed by atoms with Gasteiger partial charge in [-0.3, -0.25) is 9.59 Å². The SMILES string of the molecule is CC[C@H](C)N(Cc1ccccc1)C(=O)C[C@H](NC(C)=O)c1cccs1. The van der Waals surface area contributed by atoms with E-state index in [1.807, 2.05) is 52.7 Å². The van der Waals surface area contributed by atoms with E-state index in [0.29, 0.717) is 6.54 Å². The average Bonchev–Trinajstić information content (AvgIpc) is 3.13. The fourth-order valence-electron chi connectivity index (χ4n) is 2.74. The van der Waals surface area contributed by atoms with Crippen LogP contribution in [0.1, 0.15) is 50.1 Å². The first-order valence-corrected chi connectivity index (χ1v) is 9.53. The second-order valence-corrected chi connectivity index (χ2v) is 7.22. The molecule has 1 heterocycles. The second-order valence-electron chi connectivity index (χ2n) is 6.24. The fraction of sp³-hybridized carbons (Fsp3) is 0.400. The maximum atomic E-state index is 13.0. The molecule has 5 heteroatoms. The molecule has 0 saturated carbocycles. The van der Waals surface area contributed by atoms with Crippen LogP contribution in [0.2, 0.25) is 0 Å². The summed E-state index contributed by atoms with van der Waals surface area (Å²) in [4.78, 5) is 27.5. The zero-order valence-corrected chi connectivity index (χ0v) is 15.9. The number of rotatable bonds is 8. The van der Waals surface area contributed by atoms with Crippen LogP contribution in [0.4, 0.5) is 0 Å². The highest BCUT2D eigenvalue weighted by atomic mass is 32.1. The molecule has 1 aromatic heterocycles. The van der Waals surface area contributed by atoms with Crippen molar-refractivity contribution in [3.8, 4) is 0 Å². The number of hydrogen-bond acceptors (Lipinski definition) is 3. The smallest absolute Gasteiger partial charge is 0.225 e. The van der Waals surface area contributed by atoms with Gasteiger partial charge in [-0.15, -0.1) is 11.3 Å². The van der Waals surface area contributed by atoms with Crippen molar-refractivity contribution in [1.82, 2.24) is 10.2 Å². The Labute approximate surface area is 153 Å². The number of carbonyl (C=O) groups excluding carboxylic acids is 2. The minimum absolute atomic E-state index is 0.0605. The number of thiophene rings is 1. The van der Waals surface area contributed by atoms with Crippen LogP contribution < -0.4 is 5.32 Å². The lowest BCUT2D eigenvalue weighted by molar-refractivity contribution is -0.134. The Morgan fingerprint density at radius 3 is 2.44 bits per heavy atom. The van der Waals surface area contributed by atoms with E-state index in [9.17, 15) is 9.59 Å². The molecule has 0 bridgehead atoms. The van der Waals surface area contributed by atoms with Crippen LogP contribution in [-0.4, -0.2) is 22.8 Å². The van der Waals surface area contributed by atoms with Crippen molar-refractivity contribution in [3.63, 3.8) is 0 Å². The first-order chi connectivity index (χ1) is 12.0. The fourth-order valence-corrected chi connectivity index (χ4v) is 3.52. The number of carbonyl (C=O) groups is 2.